The van der Waals surface area contributed by atoms with Gasteiger partial charge in [-0.15, -0.1) is 6.54 Å². The van der Waals surface area contributed by atoms with Crippen molar-refractivity contribution in [2.75, 3.05) is 11.9 Å². The molecule has 0 saturated heterocycles. The number of rotatable bonds is 7. The van der Waals surface area contributed by atoms with Crippen LogP contribution in [-0.4, -0.2) is 42.7 Å². The minimum atomic E-state index is -0.664. The third-order valence-electron chi connectivity index (χ3n) is 5.09. The Morgan fingerprint density at radius 3 is 2.43 bits per heavy atom. The monoisotopic (exact) mass is 497 g/mol. The zero-order chi connectivity index (χ0) is 26.2. The van der Waals surface area contributed by atoms with Crippen LogP contribution in [0.5, 0.6) is 0 Å². The zero-order valence-corrected chi connectivity index (χ0v) is 21.6. The molecular weight excluding hydrogens is 468 g/mol. The Balaban J connectivity index is 0.000000618. The number of hydrogen-bond acceptors (Lipinski definition) is 5. The number of fused-ring (bicyclic) bond motifs is 1. The number of aromatic nitrogens is 5. The van der Waals surface area contributed by atoms with Crippen molar-refractivity contribution < 1.29 is 32.8 Å². The van der Waals surface area contributed by atoms with Crippen LogP contribution in [0.3, 0.4) is 0 Å². The first kappa shape index (κ1) is 29.7. The molecule has 0 fully saturated rings. The van der Waals surface area contributed by atoms with E-state index >= 15 is 0 Å². The molecule has 3 aromatic heterocycles. The number of hydrogen-bond donors (Lipinski definition) is 2. The van der Waals surface area contributed by atoms with Gasteiger partial charge in [0.15, 0.2) is 0 Å². The smallest absolute Gasteiger partial charge is 0.382 e. The summed E-state index contributed by atoms with van der Waals surface area (Å²) >= 11 is 0. The molecule has 1 aromatic carbocycles. The van der Waals surface area contributed by atoms with Gasteiger partial charge in [-0.05, 0) is 18.2 Å². The first-order valence-corrected chi connectivity index (χ1v) is 11.3. The molecule has 0 atom stereocenters. The van der Waals surface area contributed by atoms with Gasteiger partial charge in [0.25, 0.3) is 5.91 Å². The molecule has 9 nitrogen and oxygen atoms in total. The number of benzene rings is 1. The van der Waals surface area contributed by atoms with Crippen LogP contribution in [0.4, 0.5) is 10.1 Å². The van der Waals surface area contributed by atoms with Gasteiger partial charge < -0.3 is 30.4 Å². The van der Waals surface area contributed by atoms with Crippen LogP contribution < -0.4 is 29.5 Å². The van der Waals surface area contributed by atoms with Crippen molar-refractivity contribution in [3.63, 3.8) is 0 Å². The fraction of sp³-hybridized carbons (Fsp3) is 0.231. The molecule has 0 bridgehead atoms. The summed E-state index contributed by atoms with van der Waals surface area (Å²) in [6, 6.07) is 3.71. The number of nitrogens with zero attached hydrogens (tertiary/aromatic N) is 5. The summed E-state index contributed by atoms with van der Waals surface area (Å²) in [5.41, 5.74) is 2.20. The topological polar surface area (TPSA) is 106 Å². The van der Waals surface area contributed by atoms with Gasteiger partial charge in [0.1, 0.15) is 5.82 Å². The second-order valence-electron chi connectivity index (χ2n) is 8.28. The van der Waals surface area contributed by atoms with Crippen molar-refractivity contribution in [2.45, 2.75) is 26.7 Å². The number of anilines is 1. The van der Waals surface area contributed by atoms with E-state index in [0.717, 1.165) is 18.1 Å². The van der Waals surface area contributed by atoms with Gasteiger partial charge in [-0.1, -0.05) is 0 Å². The number of carbonyl (C=O) groups is 2. The molecule has 0 spiro atoms. The molecule has 11 heteroatoms. The molecule has 0 aliphatic carbocycles. The Kier molecular flexibility index (Phi) is 11.0. The minimum absolute atomic E-state index is 0. The molecule has 4 rings (SSSR count). The Morgan fingerprint density at radius 1 is 1.08 bits per heavy atom. The number of amides is 2. The molecule has 0 unspecified atom stereocenters. The minimum Gasteiger partial charge on any atom is -0.382 e. The summed E-state index contributed by atoms with van der Waals surface area (Å²) in [4.78, 5) is 29.0. The number of halogens is 1. The number of carbonyl (C=O) groups excluding carboxylic acids is 2. The average molecular weight is 498 g/mol. The normalized spacial score (nSPS) is 10.5. The summed E-state index contributed by atoms with van der Waals surface area (Å²) in [5, 5.41) is 13.3. The van der Waals surface area contributed by atoms with Crippen LogP contribution in [0.1, 0.15) is 47.4 Å². The maximum atomic E-state index is 14.2. The molecule has 4 aromatic rings. The fourth-order valence-electron chi connectivity index (χ4n) is 3.28. The second kappa shape index (κ2) is 13.7. The number of nitrogens with one attached hydrogen (secondary N) is 2. The van der Waals surface area contributed by atoms with E-state index in [1.807, 2.05) is 6.20 Å². The van der Waals surface area contributed by atoms with Crippen LogP contribution in [0.25, 0.3) is 16.8 Å². The van der Waals surface area contributed by atoms with E-state index in [1.54, 1.807) is 24.1 Å². The Morgan fingerprint density at radius 2 is 1.84 bits per heavy atom. The number of aryl methyl sites for hydroxylation is 1. The molecule has 3 heterocycles. The van der Waals surface area contributed by atoms with E-state index in [-0.39, 0.29) is 42.2 Å². The molecule has 190 valence electrons. The van der Waals surface area contributed by atoms with E-state index in [0.29, 0.717) is 11.2 Å². The zero-order valence-electron chi connectivity index (χ0n) is 21.6. The predicted molar refractivity (Wildman–Crippen MR) is 136 cm³/mol. The Labute approximate surface area is 228 Å². The van der Waals surface area contributed by atoms with E-state index in [4.69, 9.17) is 0 Å². The molecule has 0 aliphatic heterocycles. The van der Waals surface area contributed by atoms with Gasteiger partial charge in [-0.3, -0.25) is 19.3 Å². The average Bonchev–Trinajstić information content (AvgIpc) is 3.46. The van der Waals surface area contributed by atoms with E-state index < -0.39 is 17.6 Å². The van der Waals surface area contributed by atoms with Crippen molar-refractivity contribution in [3.05, 3.63) is 85.9 Å². The largest absolute Gasteiger partial charge is 1.00 e. The van der Waals surface area contributed by atoms with Crippen LogP contribution in [0.15, 0.2) is 49.2 Å². The third kappa shape index (κ3) is 7.75. The van der Waals surface area contributed by atoms with E-state index in [1.165, 1.54) is 41.4 Å². The molecule has 0 aliphatic rings. The summed E-state index contributed by atoms with van der Waals surface area (Å²) < 4.78 is 17.3. The van der Waals surface area contributed by atoms with Gasteiger partial charge in [0.05, 0.1) is 47.2 Å². The molecule has 2 amide bonds. The van der Waals surface area contributed by atoms with E-state index in [9.17, 15) is 14.0 Å². The summed E-state index contributed by atoms with van der Waals surface area (Å²) in [6.45, 7) is 11.7. The molecule has 0 radical (unpaired) electrons. The summed E-state index contributed by atoms with van der Waals surface area (Å²) in [7, 11) is 1.80. The fourth-order valence-corrected chi connectivity index (χ4v) is 3.28. The quantitative estimate of drug-likeness (QED) is 0.296. The van der Waals surface area contributed by atoms with Gasteiger partial charge >= 0.3 is 18.9 Å². The van der Waals surface area contributed by atoms with Crippen LogP contribution >= 0.6 is 0 Å². The third-order valence-corrected chi connectivity index (χ3v) is 5.09. The molecular formula is C26H29FLiN7O2-2. The van der Waals surface area contributed by atoms with Crippen LogP contribution in [-0.2, 0) is 7.05 Å². The summed E-state index contributed by atoms with van der Waals surface area (Å²) in [5.74, 6) is -0.175. The van der Waals surface area contributed by atoms with Crippen LogP contribution in [0.2, 0.25) is 0 Å². The Hall–Kier alpha value is -3.48. The van der Waals surface area contributed by atoms with Crippen LogP contribution in [0, 0.1) is 25.6 Å². The first-order valence-electron chi connectivity index (χ1n) is 11.3. The second-order valence-corrected chi connectivity index (χ2v) is 8.28. The first-order chi connectivity index (χ1) is 17.2. The standard InChI is InChI=1S/C20H17FN7O2.C6H12.Li/c1-3-22-19(29)12-4-5-15(21)16(6-12)26-20(30)14-8-25-28-11-17(23-9-18(14)28)13-7-24-27(2)10-13;1-4-5-6(2)3;/h4-11H,1,3H2,2H3,(H,22,29)(H,26,30);1,4-5H2,2-3H3;/q-1;-2;+1. The Bertz CT molecular complexity index is 1350. The van der Waals surface area contributed by atoms with Crippen molar-refractivity contribution in [3.8, 4) is 11.3 Å². The molecule has 37 heavy (non-hydrogen) atoms. The SMILES string of the molecule is [CH2-]CC[C-](C)C.[CH2-]CNC(=O)c1ccc(F)c(NC(=O)c2cnn3cc(-c4cnn(C)c4)ncc23)c1.[Li+]. The van der Waals surface area contributed by atoms with Crippen molar-refractivity contribution in [1.82, 2.24) is 29.7 Å². The van der Waals surface area contributed by atoms with Crippen molar-refractivity contribution in [2.24, 2.45) is 7.05 Å². The maximum Gasteiger partial charge on any atom is 1.00 e. The van der Waals surface area contributed by atoms with Crippen molar-refractivity contribution in [1.29, 1.82) is 0 Å². The van der Waals surface area contributed by atoms with Gasteiger partial charge in [-0.2, -0.15) is 24.0 Å². The maximum absolute atomic E-state index is 14.2. The molecule has 0 saturated carbocycles. The van der Waals surface area contributed by atoms with Gasteiger partial charge in [0, 0.05) is 24.4 Å². The molecule has 2 N–H and O–H groups in total. The van der Waals surface area contributed by atoms with Gasteiger partial charge in [0.2, 0.25) is 5.91 Å². The van der Waals surface area contributed by atoms with E-state index in [2.05, 4.69) is 53.5 Å². The predicted octanol–water partition coefficient (Wildman–Crippen LogP) is 1.30. The summed E-state index contributed by atoms with van der Waals surface area (Å²) in [6.07, 6.45) is 10.3. The van der Waals surface area contributed by atoms with Gasteiger partial charge in [-0.25, -0.2) is 21.7 Å². The van der Waals surface area contributed by atoms with Crippen molar-refractivity contribution >= 4 is 23.0 Å².